The van der Waals surface area contributed by atoms with Gasteiger partial charge in [0, 0.05) is 11.2 Å². The van der Waals surface area contributed by atoms with Crippen LogP contribution < -0.4 is 10.2 Å². The lowest BCUT2D eigenvalue weighted by Gasteiger charge is -2.09. The Balaban J connectivity index is 2.16. The molecule has 3 rings (SSSR count). The number of rotatable bonds is 4. The van der Waals surface area contributed by atoms with Gasteiger partial charge in [0.05, 0.1) is 27.7 Å². The molecule has 2 aromatic carbocycles. The van der Waals surface area contributed by atoms with Crippen molar-refractivity contribution < 1.29 is 19.0 Å². The highest BCUT2D eigenvalue weighted by Crippen LogP contribution is 2.32. The molecule has 1 heterocycles. The molecule has 0 saturated carbocycles. The SMILES string of the molecule is COc1cccc2ncnc(N=S(C)(=O)c3ccc(B(O)O)cc3)c12. The first-order valence-electron chi connectivity index (χ1n) is 7.38. The van der Waals surface area contributed by atoms with Crippen LogP contribution in [0.1, 0.15) is 0 Å². The molecule has 0 aliphatic heterocycles. The first-order chi connectivity index (χ1) is 11.9. The lowest BCUT2D eigenvalue weighted by Crippen LogP contribution is -2.29. The van der Waals surface area contributed by atoms with Crippen LogP contribution >= 0.6 is 0 Å². The van der Waals surface area contributed by atoms with E-state index in [1.165, 1.54) is 31.8 Å². The van der Waals surface area contributed by atoms with Crippen molar-refractivity contribution >= 4 is 39.0 Å². The molecule has 0 radical (unpaired) electrons. The predicted molar refractivity (Wildman–Crippen MR) is 96.8 cm³/mol. The zero-order valence-electron chi connectivity index (χ0n) is 13.7. The van der Waals surface area contributed by atoms with Crippen LogP contribution in [0.2, 0.25) is 0 Å². The highest BCUT2D eigenvalue weighted by atomic mass is 32.2. The minimum absolute atomic E-state index is 0.279. The van der Waals surface area contributed by atoms with Crippen LogP contribution in [0.3, 0.4) is 0 Å². The van der Waals surface area contributed by atoms with Gasteiger partial charge in [-0.3, -0.25) is 0 Å². The third-order valence-electron chi connectivity index (χ3n) is 3.70. The van der Waals surface area contributed by atoms with Gasteiger partial charge < -0.3 is 14.8 Å². The molecule has 0 bridgehead atoms. The molecule has 0 aliphatic rings. The van der Waals surface area contributed by atoms with E-state index in [1.807, 2.05) is 0 Å². The maximum absolute atomic E-state index is 13.1. The first kappa shape index (κ1) is 17.3. The largest absolute Gasteiger partial charge is 0.496 e. The summed E-state index contributed by atoms with van der Waals surface area (Å²) in [7, 11) is -2.85. The Morgan fingerprint density at radius 3 is 2.48 bits per heavy atom. The minimum Gasteiger partial charge on any atom is -0.496 e. The molecule has 25 heavy (non-hydrogen) atoms. The summed E-state index contributed by atoms with van der Waals surface area (Å²) < 4.78 is 22.8. The third kappa shape index (κ3) is 3.48. The molecule has 0 saturated heterocycles. The number of ether oxygens (including phenoxy) is 1. The summed E-state index contributed by atoms with van der Waals surface area (Å²) >= 11 is 0. The number of hydrogen-bond donors (Lipinski definition) is 2. The van der Waals surface area contributed by atoms with Crippen LogP contribution in [0, 0.1) is 0 Å². The molecular formula is C16H16BN3O4S. The summed E-state index contributed by atoms with van der Waals surface area (Å²) in [5.41, 5.74) is 0.954. The van der Waals surface area contributed by atoms with E-state index >= 15 is 0 Å². The van der Waals surface area contributed by atoms with E-state index in [2.05, 4.69) is 14.3 Å². The summed E-state index contributed by atoms with van der Waals surface area (Å²) in [6.45, 7) is 0. The van der Waals surface area contributed by atoms with Gasteiger partial charge in [0.2, 0.25) is 0 Å². The highest BCUT2D eigenvalue weighted by Gasteiger charge is 2.15. The van der Waals surface area contributed by atoms with Gasteiger partial charge in [-0.25, -0.2) is 14.2 Å². The second-order valence-electron chi connectivity index (χ2n) is 5.39. The third-order valence-corrected chi connectivity index (χ3v) is 5.37. The van der Waals surface area contributed by atoms with Gasteiger partial charge in [0.1, 0.15) is 12.1 Å². The molecule has 2 N–H and O–H groups in total. The van der Waals surface area contributed by atoms with Crippen molar-refractivity contribution in [2.24, 2.45) is 4.36 Å². The Labute approximate surface area is 145 Å². The van der Waals surface area contributed by atoms with Crippen LogP contribution in [0.4, 0.5) is 5.82 Å². The Morgan fingerprint density at radius 2 is 1.84 bits per heavy atom. The van der Waals surface area contributed by atoms with Gasteiger partial charge in [-0.1, -0.05) is 18.2 Å². The molecule has 1 aromatic heterocycles. The lowest BCUT2D eigenvalue weighted by molar-refractivity contribution is 0.419. The molecule has 0 spiro atoms. The Hall–Kier alpha value is -2.49. The van der Waals surface area contributed by atoms with Crippen molar-refractivity contribution in [3.63, 3.8) is 0 Å². The molecule has 7 nitrogen and oxygen atoms in total. The molecule has 0 fully saturated rings. The van der Waals surface area contributed by atoms with E-state index in [4.69, 9.17) is 14.8 Å². The Morgan fingerprint density at radius 1 is 1.12 bits per heavy atom. The molecule has 0 amide bonds. The molecule has 0 aliphatic carbocycles. The van der Waals surface area contributed by atoms with Gasteiger partial charge >= 0.3 is 7.12 Å². The quantitative estimate of drug-likeness (QED) is 0.678. The van der Waals surface area contributed by atoms with E-state index in [0.29, 0.717) is 27.0 Å². The molecule has 3 aromatic rings. The molecule has 1 atom stereocenters. The van der Waals surface area contributed by atoms with Crippen LogP contribution in [-0.4, -0.2) is 44.7 Å². The van der Waals surface area contributed by atoms with Crippen molar-refractivity contribution in [3.05, 3.63) is 48.8 Å². The van der Waals surface area contributed by atoms with Gasteiger partial charge in [-0.2, -0.15) is 4.36 Å². The number of nitrogens with zero attached hydrogens (tertiary/aromatic N) is 3. The van der Waals surface area contributed by atoms with E-state index in [0.717, 1.165) is 0 Å². The predicted octanol–water partition coefficient (Wildman–Crippen LogP) is 1.11. The molecule has 1 unspecified atom stereocenters. The van der Waals surface area contributed by atoms with Crippen LogP contribution in [0.5, 0.6) is 5.75 Å². The smallest absolute Gasteiger partial charge is 0.488 e. The average molecular weight is 357 g/mol. The second kappa shape index (κ2) is 6.79. The number of hydrogen-bond acceptors (Lipinski definition) is 7. The highest BCUT2D eigenvalue weighted by molar-refractivity contribution is 7.93. The van der Waals surface area contributed by atoms with Crippen molar-refractivity contribution in [3.8, 4) is 5.75 Å². The fraction of sp³-hybridized carbons (Fsp3) is 0.125. The van der Waals surface area contributed by atoms with Gasteiger partial charge in [0.15, 0.2) is 5.82 Å². The minimum atomic E-state index is -2.81. The number of aromatic nitrogens is 2. The van der Waals surface area contributed by atoms with E-state index < -0.39 is 16.8 Å². The number of fused-ring (bicyclic) bond motifs is 1. The fourth-order valence-corrected chi connectivity index (χ4v) is 3.63. The number of benzene rings is 2. The topological polar surface area (TPSA) is 105 Å². The summed E-state index contributed by atoms with van der Waals surface area (Å²) in [4.78, 5) is 8.80. The van der Waals surface area contributed by atoms with Crippen molar-refractivity contribution in [2.45, 2.75) is 4.90 Å². The van der Waals surface area contributed by atoms with E-state index in [-0.39, 0.29) is 5.82 Å². The average Bonchev–Trinajstić information content (AvgIpc) is 2.61. The van der Waals surface area contributed by atoms with Crippen molar-refractivity contribution in [1.82, 2.24) is 9.97 Å². The van der Waals surface area contributed by atoms with Gasteiger partial charge in [-0.15, -0.1) is 0 Å². The van der Waals surface area contributed by atoms with Crippen molar-refractivity contribution in [2.75, 3.05) is 13.4 Å². The first-order valence-corrected chi connectivity index (χ1v) is 9.30. The number of methoxy groups -OCH3 is 1. The Bertz CT molecular complexity index is 1030. The molecule has 9 heteroatoms. The van der Waals surface area contributed by atoms with Crippen molar-refractivity contribution in [1.29, 1.82) is 0 Å². The monoisotopic (exact) mass is 357 g/mol. The van der Waals surface area contributed by atoms with Gasteiger partial charge in [-0.05, 0) is 29.7 Å². The maximum Gasteiger partial charge on any atom is 0.488 e. The maximum atomic E-state index is 13.1. The van der Waals surface area contributed by atoms with Crippen LogP contribution in [0.15, 0.2) is 58.1 Å². The standard InChI is InChI=1S/C16H16BN3O4S/c1-24-14-5-3-4-13-15(14)16(19-10-18-13)20-25(2,23)12-8-6-11(7-9-12)17(21)22/h3-10,21-22H,1-2H3. The van der Waals surface area contributed by atoms with Crippen LogP contribution in [-0.2, 0) is 9.73 Å². The lowest BCUT2D eigenvalue weighted by atomic mass is 9.81. The van der Waals surface area contributed by atoms with Gasteiger partial charge in [0.25, 0.3) is 0 Å². The normalized spacial score (nSPS) is 13.3. The Kier molecular flexibility index (Phi) is 4.71. The summed E-state index contributed by atoms with van der Waals surface area (Å²) in [5, 5.41) is 18.9. The summed E-state index contributed by atoms with van der Waals surface area (Å²) in [5.74, 6) is 0.826. The van der Waals surface area contributed by atoms with E-state index in [9.17, 15) is 4.21 Å². The molecular weight excluding hydrogens is 341 g/mol. The summed E-state index contributed by atoms with van der Waals surface area (Å²) in [6.07, 6.45) is 2.86. The summed E-state index contributed by atoms with van der Waals surface area (Å²) in [6, 6.07) is 11.5. The zero-order chi connectivity index (χ0) is 18.0. The van der Waals surface area contributed by atoms with E-state index in [1.54, 1.807) is 30.3 Å². The van der Waals surface area contributed by atoms with Crippen LogP contribution in [0.25, 0.3) is 10.9 Å². The fourth-order valence-electron chi connectivity index (χ4n) is 2.41. The second-order valence-corrected chi connectivity index (χ2v) is 7.65. The molecule has 128 valence electrons. The zero-order valence-corrected chi connectivity index (χ0v) is 14.5.